The Morgan fingerprint density at radius 3 is 2.89 bits per heavy atom. The number of rotatable bonds is 6. The number of nitrogens with zero attached hydrogens (tertiary/aromatic N) is 4. The SMILES string of the molecule is CCCc1nn(C)c2c(=O)[nH]c(NCc3cccc(N4CCOCC4)c3)nc12. The molecule has 4 rings (SSSR count). The Balaban J connectivity index is 1.54. The Labute approximate surface area is 163 Å². The number of aromatic amines is 1. The average molecular weight is 382 g/mol. The molecule has 8 heteroatoms. The van der Waals surface area contributed by atoms with Crippen molar-refractivity contribution < 1.29 is 4.74 Å². The highest BCUT2D eigenvalue weighted by Crippen LogP contribution is 2.19. The molecule has 2 aromatic heterocycles. The van der Waals surface area contributed by atoms with Crippen LogP contribution in [0.5, 0.6) is 0 Å². The molecule has 3 aromatic rings. The molecule has 0 radical (unpaired) electrons. The van der Waals surface area contributed by atoms with E-state index in [1.165, 1.54) is 5.69 Å². The van der Waals surface area contributed by atoms with Crippen LogP contribution in [0.25, 0.3) is 11.0 Å². The van der Waals surface area contributed by atoms with Gasteiger partial charge in [-0.1, -0.05) is 25.5 Å². The zero-order chi connectivity index (χ0) is 19.5. The van der Waals surface area contributed by atoms with E-state index in [1.54, 1.807) is 11.7 Å². The fraction of sp³-hybridized carbons (Fsp3) is 0.450. The highest BCUT2D eigenvalue weighted by atomic mass is 16.5. The van der Waals surface area contributed by atoms with E-state index in [4.69, 9.17) is 4.74 Å². The lowest BCUT2D eigenvalue weighted by Gasteiger charge is -2.29. The van der Waals surface area contributed by atoms with Gasteiger partial charge >= 0.3 is 0 Å². The van der Waals surface area contributed by atoms with E-state index in [9.17, 15) is 4.79 Å². The van der Waals surface area contributed by atoms with E-state index in [2.05, 4.69) is 56.5 Å². The van der Waals surface area contributed by atoms with Crippen molar-refractivity contribution in [3.63, 3.8) is 0 Å². The van der Waals surface area contributed by atoms with Crippen molar-refractivity contribution in [1.82, 2.24) is 19.7 Å². The molecule has 0 saturated carbocycles. The molecular weight excluding hydrogens is 356 g/mol. The second-order valence-corrected chi connectivity index (χ2v) is 7.05. The van der Waals surface area contributed by atoms with Gasteiger partial charge in [-0.15, -0.1) is 0 Å². The Morgan fingerprint density at radius 1 is 1.29 bits per heavy atom. The molecule has 0 unspecified atom stereocenters. The highest BCUT2D eigenvalue weighted by Gasteiger charge is 2.15. The third-order valence-electron chi connectivity index (χ3n) is 5.00. The molecule has 8 nitrogen and oxygen atoms in total. The second-order valence-electron chi connectivity index (χ2n) is 7.05. The van der Waals surface area contributed by atoms with Crippen LogP contribution in [0.2, 0.25) is 0 Å². The number of benzene rings is 1. The minimum atomic E-state index is -0.174. The average Bonchev–Trinajstić information content (AvgIpc) is 3.03. The maximum absolute atomic E-state index is 12.5. The van der Waals surface area contributed by atoms with Gasteiger partial charge in [0.2, 0.25) is 5.95 Å². The van der Waals surface area contributed by atoms with Crippen LogP contribution >= 0.6 is 0 Å². The maximum atomic E-state index is 12.5. The van der Waals surface area contributed by atoms with Gasteiger partial charge in [-0.05, 0) is 24.1 Å². The minimum absolute atomic E-state index is 0.174. The topological polar surface area (TPSA) is 88.1 Å². The van der Waals surface area contributed by atoms with Crippen LogP contribution in [-0.2, 0) is 24.8 Å². The molecule has 0 atom stereocenters. The molecule has 3 heterocycles. The number of hydrogen-bond acceptors (Lipinski definition) is 6. The molecule has 148 valence electrons. The predicted molar refractivity (Wildman–Crippen MR) is 110 cm³/mol. The molecule has 1 saturated heterocycles. The molecule has 2 N–H and O–H groups in total. The number of hydrogen-bond donors (Lipinski definition) is 2. The maximum Gasteiger partial charge on any atom is 0.278 e. The lowest BCUT2D eigenvalue weighted by Crippen LogP contribution is -2.36. The number of anilines is 2. The van der Waals surface area contributed by atoms with Crippen molar-refractivity contribution in [3.8, 4) is 0 Å². The van der Waals surface area contributed by atoms with Gasteiger partial charge < -0.3 is 15.0 Å². The minimum Gasteiger partial charge on any atom is -0.378 e. The Hall–Kier alpha value is -2.87. The number of aryl methyl sites for hydroxylation is 2. The van der Waals surface area contributed by atoms with Crippen molar-refractivity contribution in [2.75, 3.05) is 36.5 Å². The van der Waals surface area contributed by atoms with Crippen LogP contribution in [0.15, 0.2) is 29.1 Å². The lowest BCUT2D eigenvalue weighted by atomic mass is 10.2. The lowest BCUT2D eigenvalue weighted by molar-refractivity contribution is 0.122. The molecule has 0 amide bonds. The summed E-state index contributed by atoms with van der Waals surface area (Å²) in [4.78, 5) is 22.3. The first-order valence-electron chi connectivity index (χ1n) is 9.77. The van der Waals surface area contributed by atoms with Gasteiger partial charge in [0.15, 0.2) is 5.52 Å². The van der Waals surface area contributed by atoms with Crippen molar-refractivity contribution in [3.05, 3.63) is 45.9 Å². The molecule has 28 heavy (non-hydrogen) atoms. The number of H-pyrrole nitrogens is 1. The van der Waals surface area contributed by atoms with Crippen LogP contribution in [-0.4, -0.2) is 46.1 Å². The molecule has 0 aliphatic carbocycles. The van der Waals surface area contributed by atoms with Crippen LogP contribution in [0.1, 0.15) is 24.6 Å². The first kappa shape index (κ1) is 18.5. The van der Waals surface area contributed by atoms with Gasteiger partial charge in [-0.25, -0.2) is 4.98 Å². The third-order valence-corrected chi connectivity index (χ3v) is 5.00. The molecule has 1 aromatic carbocycles. The monoisotopic (exact) mass is 382 g/mol. The summed E-state index contributed by atoms with van der Waals surface area (Å²) < 4.78 is 7.04. The summed E-state index contributed by atoms with van der Waals surface area (Å²) in [5.41, 5.74) is 4.21. The molecule has 1 fully saturated rings. The number of ether oxygens (including phenoxy) is 1. The largest absolute Gasteiger partial charge is 0.378 e. The van der Waals surface area contributed by atoms with Crippen LogP contribution in [0, 0.1) is 0 Å². The van der Waals surface area contributed by atoms with Gasteiger partial charge in [0.1, 0.15) is 5.52 Å². The van der Waals surface area contributed by atoms with Gasteiger partial charge in [0.05, 0.1) is 18.9 Å². The van der Waals surface area contributed by atoms with Crippen LogP contribution in [0.3, 0.4) is 0 Å². The summed E-state index contributed by atoms with van der Waals surface area (Å²) >= 11 is 0. The number of nitrogens with one attached hydrogen (secondary N) is 2. The van der Waals surface area contributed by atoms with E-state index in [-0.39, 0.29) is 5.56 Å². The Bertz CT molecular complexity index is 1020. The summed E-state index contributed by atoms with van der Waals surface area (Å²) in [5, 5.41) is 7.71. The standard InChI is InChI=1S/C20H26N6O2/c1-3-5-16-17-18(25(2)24-16)19(27)23-20(22-17)21-13-14-6-4-7-15(12-14)26-8-10-28-11-9-26/h4,6-7,12H,3,5,8-11,13H2,1-2H3,(H2,21,22,23,27). The van der Waals surface area contributed by atoms with Gasteiger partial charge in [-0.2, -0.15) is 5.10 Å². The fourth-order valence-electron chi connectivity index (χ4n) is 3.61. The van der Waals surface area contributed by atoms with Crippen molar-refractivity contribution in [2.24, 2.45) is 7.05 Å². The van der Waals surface area contributed by atoms with Crippen molar-refractivity contribution in [2.45, 2.75) is 26.3 Å². The smallest absolute Gasteiger partial charge is 0.278 e. The van der Waals surface area contributed by atoms with Crippen LogP contribution in [0.4, 0.5) is 11.6 Å². The van der Waals surface area contributed by atoms with Crippen molar-refractivity contribution in [1.29, 1.82) is 0 Å². The summed E-state index contributed by atoms with van der Waals surface area (Å²) in [5.74, 6) is 0.472. The van der Waals surface area contributed by atoms with E-state index in [1.807, 2.05) is 0 Å². The molecule has 1 aliphatic heterocycles. The second kappa shape index (κ2) is 8.02. The Morgan fingerprint density at radius 2 is 2.11 bits per heavy atom. The first-order valence-corrected chi connectivity index (χ1v) is 9.77. The fourth-order valence-corrected chi connectivity index (χ4v) is 3.61. The molecule has 0 spiro atoms. The van der Waals surface area contributed by atoms with Gasteiger partial charge in [0, 0.05) is 32.4 Å². The first-order chi connectivity index (χ1) is 13.7. The van der Waals surface area contributed by atoms with Crippen LogP contribution < -0.4 is 15.8 Å². The quantitative estimate of drug-likeness (QED) is 0.678. The number of morpholine rings is 1. The number of fused-ring (bicyclic) bond motifs is 1. The zero-order valence-corrected chi connectivity index (χ0v) is 16.4. The zero-order valence-electron chi connectivity index (χ0n) is 16.4. The van der Waals surface area contributed by atoms with E-state index >= 15 is 0 Å². The normalized spacial score (nSPS) is 14.6. The predicted octanol–water partition coefficient (Wildman–Crippen LogP) is 2.06. The Kier molecular flexibility index (Phi) is 5.29. The van der Waals surface area contributed by atoms with Gasteiger partial charge in [-0.3, -0.25) is 14.5 Å². The molecule has 0 bridgehead atoms. The van der Waals surface area contributed by atoms with Gasteiger partial charge in [0.25, 0.3) is 5.56 Å². The van der Waals surface area contributed by atoms with E-state index in [0.29, 0.717) is 23.5 Å². The molecule has 1 aliphatic rings. The van der Waals surface area contributed by atoms with Crippen molar-refractivity contribution >= 4 is 22.7 Å². The van der Waals surface area contributed by atoms with E-state index in [0.717, 1.165) is 50.4 Å². The highest BCUT2D eigenvalue weighted by molar-refractivity contribution is 5.77. The number of aromatic nitrogens is 4. The summed E-state index contributed by atoms with van der Waals surface area (Å²) in [6.07, 6.45) is 1.76. The van der Waals surface area contributed by atoms with E-state index < -0.39 is 0 Å². The summed E-state index contributed by atoms with van der Waals surface area (Å²) in [7, 11) is 1.78. The summed E-state index contributed by atoms with van der Waals surface area (Å²) in [6, 6.07) is 8.41. The summed E-state index contributed by atoms with van der Waals surface area (Å²) in [6.45, 7) is 6.01. The third kappa shape index (κ3) is 3.73. The molecular formula is C20H26N6O2.